The number of carbonyl (C=O) groups is 2. The molecular formula is C24H38O6. The average Bonchev–Trinajstić information content (AvgIpc) is 3.62. The molecule has 2 N–H and O–H groups in total. The van der Waals surface area contributed by atoms with Gasteiger partial charge in [0, 0.05) is 0 Å². The highest BCUT2D eigenvalue weighted by molar-refractivity contribution is 5.89. The summed E-state index contributed by atoms with van der Waals surface area (Å²) in [7, 11) is 0. The quantitative estimate of drug-likeness (QED) is 0.233. The third-order valence-electron chi connectivity index (χ3n) is 7.42. The molecule has 0 spiro atoms. The lowest BCUT2D eigenvalue weighted by molar-refractivity contribution is -0.173. The minimum absolute atomic E-state index is 0.0635. The first-order valence-electron chi connectivity index (χ1n) is 11.9. The van der Waals surface area contributed by atoms with Crippen molar-refractivity contribution < 1.29 is 29.3 Å². The Bertz CT molecular complexity index is 646. The Balaban J connectivity index is 1.74. The number of carboxylic acids is 2. The molecule has 0 radical (unpaired) electrons. The van der Waals surface area contributed by atoms with E-state index < -0.39 is 22.8 Å². The molecule has 0 aromatic rings. The fourth-order valence-corrected chi connectivity index (χ4v) is 5.37. The van der Waals surface area contributed by atoms with Crippen LogP contribution in [0, 0.1) is 10.8 Å². The summed E-state index contributed by atoms with van der Waals surface area (Å²) < 4.78 is 11.6. The Morgan fingerprint density at radius 2 is 1.43 bits per heavy atom. The predicted octanol–water partition coefficient (Wildman–Crippen LogP) is 4.95. The van der Waals surface area contributed by atoms with Gasteiger partial charge in [0.05, 0.1) is 29.8 Å². The van der Waals surface area contributed by atoms with Crippen molar-refractivity contribution in [1.82, 2.24) is 0 Å². The van der Waals surface area contributed by atoms with Gasteiger partial charge in [0.2, 0.25) is 0 Å². The second-order valence-corrected chi connectivity index (χ2v) is 9.43. The molecule has 0 amide bonds. The van der Waals surface area contributed by atoms with E-state index in [1.54, 1.807) is 6.08 Å². The van der Waals surface area contributed by atoms with Crippen molar-refractivity contribution in [3.8, 4) is 0 Å². The van der Waals surface area contributed by atoms with E-state index in [2.05, 4.69) is 13.8 Å². The van der Waals surface area contributed by atoms with Gasteiger partial charge in [-0.2, -0.15) is 0 Å². The van der Waals surface area contributed by atoms with Crippen molar-refractivity contribution in [3.05, 3.63) is 12.2 Å². The van der Waals surface area contributed by atoms with Gasteiger partial charge in [0.1, 0.15) is 5.41 Å². The number of hydrogen-bond acceptors (Lipinski definition) is 4. The van der Waals surface area contributed by atoms with E-state index in [0.29, 0.717) is 12.8 Å². The van der Waals surface area contributed by atoms with Crippen LogP contribution in [0.15, 0.2) is 12.2 Å². The normalized spacial score (nSPS) is 37.1. The zero-order chi connectivity index (χ0) is 21.8. The van der Waals surface area contributed by atoms with Gasteiger partial charge in [0.15, 0.2) is 0 Å². The Kier molecular flexibility index (Phi) is 7.61. The first kappa shape index (κ1) is 23.3. The maximum atomic E-state index is 12.6. The molecule has 6 heteroatoms. The molecule has 6 unspecified atom stereocenters. The third kappa shape index (κ3) is 4.75. The molecular weight excluding hydrogens is 384 g/mol. The number of carboxylic acid groups (broad SMARTS) is 2. The standard InChI is InChI=1S/C24H38O6/c1-3-5-7-11-17-19(29-17)15-23(21(25)26)13-9-10-14-24(23,22(27)28)16-20-18(30-20)12-8-6-4-2/h9,13,17-20H,3-8,10-12,14-16H2,1-2H3,(H,25,26)(H,27,28). The van der Waals surface area contributed by atoms with E-state index in [1.807, 2.05) is 6.08 Å². The Labute approximate surface area is 180 Å². The molecule has 0 aromatic heterocycles. The first-order chi connectivity index (χ1) is 14.4. The molecule has 0 bridgehead atoms. The highest BCUT2D eigenvalue weighted by Gasteiger charge is 2.65. The van der Waals surface area contributed by atoms with Gasteiger partial charge in [-0.25, -0.2) is 0 Å². The molecule has 3 rings (SSSR count). The van der Waals surface area contributed by atoms with Crippen LogP contribution >= 0.6 is 0 Å². The number of rotatable bonds is 14. The first-order valence-corrected chi connectivity index (χ1v) is 11.9. The number of hydrogen-bond donors (Lipinski definition) is 2. The topological polar surface area (TPSA) is 99.7 Å². The monoisotopic (exact) mass is 422 g/mol. The Morgan fingerprint density at radius 3 is 1.93 bits per heavy atom. The summed E-state index contributed by atoms with van der Waals surface area (Å²) in [6.07, 6.45) is 13.2. The average molecular weight is 423 g/mol. The van der Waals surface area contributed by atoms with Gasteiger partial charge in [-0.3, -0.25) is 9.59 Å². The van der Waals surface area contributed by atoms with Gasteiger partial charge in [-0.1, -0.05) is 64.5 Å². The highest BCUT2D eigenvalue weighted by Crippen LogP contribution is 2.57. The van der Waals surface area contributed by atoms with E-state index in [9.17, 15) is 19.8 Å². The van der Waals surface area contributed by atoms with Gasteiger partial charge < -0.3 is 19.7 Å². The molecule has 2 heterocycles. The second kappa shape index (κ2) is 9.82. The second-order valence-electron chi connectivity index (χ2n) is 9.43. The Hall–Kier alpha value is -1.40. The summed E-state index contributed by atoms with van der Waals surface area (Å²) in [6, 6.07) is 0. The maximum absolute atomic E-state index is 12.6. The van der Waals surface area contributed by atoms with Crippen LogP contribution in [-0.4, -0.2) is 46.6 Å². The van der Waals surface area contributed by atoms with Crippen molar-refractivity contribution in [2.24, 2.45) is 10.8 Å². The number of allylic oxidation sites excluding steroid dienone is 1. The fourth-order valence-electron chi connectivity index (χ4n) is 5.37. The highest BCUT2D eigenvalue weighted by atomic mass is 16.6. The largest absolute Gasteiger partial charge is 0.481 e. The zero-order valence-corrected chi connectivity index (χ0v) is 18.5. The fraction of sp³-hybridized carbons (Fsp3) is 0.833. The van der Waals surface area contributed by atoms with Crippen LogP contribution in [0.25, 0.3) is 0 Å². The summed E-state index contributed by atoms with van der Waals surface area (Å²) in [4.78, 5) is 25.2. The molecule has 2 aliphatic heterocycles. The van der Waals surface area contributed by atoms with Crippen LogP contribution in [0.2, 0.25) is 0 Å². The van der Waals surface area contributed by atoms with Crippen molar-refractivity contribution in [2.75, 3.05) is 0 Å². The third-order valence-corrected chi connectivity index (χ3v) is 7.42. The van der Waals surface area contributed by atoms with E-state index in [0.717, 1.165) is 51.4 Å². The molecule has 2 saturated heterocycles. The molecule has 6 atom stereocenters. The smallest absolute Gasteiger partial charge is 0.314 e. The summed E-state index contributed by atoms with van der Waals surface area (Å²) in [6.45, 7) is 4.30. The van der Waals surface area contributed by atoms with Crippen LogP contribution in [0.4, 0.5) is 0 Å². The van der Waals surface area contributed by atoms with Crippen LogP contribution in [0.3, 0.4) is 0 Å². The van der Waals surface area contributed by atoms with Gasteiger partial charge in [-0.05, 0) is 38.5 Å². The molecule has 0 saturated carbocycles. The summed E-state index contributed by atoms with van der Waals surface area (Å²) >= 11 is 0. The number of aliphatic carboxylic acids is 2. The van der Waals surface area contributed by atoms with Crippen LogP contribution < -0.4 is 0 Å². The molecule has 0 aromatic carbocycles. The molecule has 1 aliphatic carbocycles. The predicted molar refractivity (Wildman–Crippen MR) is 113 cm³/mol. The van der Waals surface area contributed by atoms with E-state index in [1.165, 1.54) is 0 Å². The summed E-state index contributed by atoms with van der Waals surface area (Å²) in [5, 5.41) is 20.6. The lowest BCUT2D eigenvalue weighted by atomic mass is 9.54. The van der Waals surface area contributed by atoms with Crippen LogP contribution in [0.5, 0.6) is 0 Å². The Morgan fingerprint density at radius 1 is 0.867 bits per heavy atom. The SMILES string of the molecule is CCCCCC1OC1CC1(C(=O)O)C=CCCC1(CC1OC1CCCCC)C(=O)O. The minimum Gasteiger partial charge on any atom is -0.481 e. The van der Waals surface area contributed by atoms with E-state index >= 15 is 0 Å². The zero-order valence-electron chi connectivity index (χ0n) is 18.5. The molecule has 30 heavy (non-hydrogen) atoms. The maximum Gasteiger partial charge on any atom is 0.314 e. The number of epoxide rings is 2. The lowest BCUT2D eigenvalue weighted by Gasteiger charge is -2.45. The van der Waals surface area contributed by atoms with Gasteiger partial charge in [-0.15, -0.1) is 0 Å². The van der Waals surface area contributed by atoms with Crippen molar-refractivity contribution in [3.63, 3.8) is 0 Å². The summed E-state index contributed by atoms with van der Waals surface area (Å²) in [5.74, 6) is -2.06. The molecule has 6 nitrogen and oxygen atoms in total. The van der Waals surface area contributed by atoms with Crippen molar-refractivity contribution in [2.45, 2.75) is 115 Å². The van der Waals surface area contributed by atoms with Gasteiger partial charge in [0.25, 0.3) is 0 Å². The van der Waals surface area contributed by atoms with Crippen LogP contribution in [-0.2, 0) is 19.1 Å². The van der Waals surface area contributed by atoms with E-state index in [-0.39, 0.29) is 37.3 Å². The lowest BCUT2D eigenvalue weighted by Crippen LogP contribution is -2.54. The molecule has 170 valence electrons. The van der Waals surface area contributed by atoms with Crippen molar-refractivity contribution in [1.29, 1.82) is 0 Å². The van der Waals surface area contributed by atoms with Crippen molar-refractivity contribution >= 4 is 11.9 Å². The number of ether oxygens (including phenoxy) is 2. The number of unbranched alkanes of at least 4 members (excludes halogenated alkanes) is 4. The van der Waals surface area contributed by atoms with Crippen LogP contribution in [0.1, 0.15) is 90.9 Å². The molecule has 2 fully saturated rings. The summed E-state index contributed by atoms with van der Waals surface area (Å²) in [5.41, 5.74) is -2.79. The molecule has 3 aliphatic rings. The minimum atomic E-state index is -1.44. The van der Waals surface area contributed by atoms with Gasteiger partial charge >= 0.3 is 11.9 Å². The van der Waals surface area contributed by atoms with E-state index in [4.69, 9.17) is 9.47 Å².